The molecule has 0 fully saturated rings. The number of carbonyl (C=O) groups excluding carboxylic acids is 1. The van der Waals surface area contributed by atoms with Crippen LogP contribution < -0.4 is 9.47 Å². The third-order valence-electron chi connectivity index (χ3n) is 3.61. The average molecular weight is 333 g/mol. The predicted octanol–water partition coefficient (Wildman–Crippen LogP) is 2.48. The number of aliphatic hydroxyl groups is 1. The van der Waals surface area contributed by atoms with Gasteiger partial charge in [-0.15, -0.1) is 0 Å². The van der Waals surface area contributed by atoms with Gasteiger partial charge in [0, 0.05) is 18.7 Å². The number of rotatable bonds is 7. The Labute approximate surface area is 140 Å². The van der Waals surface area contributed by atoms with Crippen molar-refractivity contribution in [3.8, 4) is 11.5 Å². The number of methoxy groups -OCH3 is 2. The summed E-state index contributed by atoms with van der Waals surface area (Å²) in [7, 11) is 3.07. The van der Waals surface area contributed by atoms with Crippen molar-refractivity contribution >= 4 is 5.91 Å². The Morgan fingerprint density at radius 1 is 1.17 bits per heavy atom. The highest BCUT2D eigenvalue weighted by molar-refractivity contribution is 5.94. The standard InChI is InChI=1S/C18H20FNO4/c1-23-14-7-8-17(24-2)13(11-14)12-20(9-10-21)18(22)15-5-3-4-6-16(15)19/h3-8,11,21H,9-10,12H2,1-2H3. The van der Waals surface area contributed by atoms with E-state index in [0.717, 1.165) is 0 Å². The van der Waals surface area contributed by atoms with Crippen LogP contribution in [0.5, 0.6) is 11.5 Å². The summed E-state index contributed by atoms with van der Waals surface area (Å²) in [4.78, 5) is 14.0. The molecular weight excluding hydrogens is 313 g/mol. The number of nitrogens with zero attached hydrogens (tertiary/aromatic N) is 1. The fourth-order valence-corrected chi connectivity index (χ4v) is 2.39. The SMILES string of the molecule is COc1ccc(OC)c(CN(CCO)C(=O)c2ccccc2F)c1. The van der Waals surface area contributed by atoms with Crippen molar-refractivity contribution < 1.29 is 23.8 Å². The lowest BCUT2D eigenvalue weighted by Gasteiger charge is -2.23. The van der Waals surface area contributed by atoms with Crippen LogP contribution in [0.25, 0.3) is 0 Å². The minimum Gasteiger partial charge on any atom is -0.497 e. The van der Waals surface area contributed by atoms with E-state index in [1.54, 1.807) is 31.4 Å². The summed E-state index contributed by atoms with van der Waals surface area (Å²) in [5.74, 6) is 0.114. The van der Waals surface area contributed by atoms with Crippen molar-refractivity contribution in [3.63, 3.8) is 0 Å². The topological polar surface area (TPSA) is 59.0 Å². The number of hydrogen-bond donors (Lipinski definition) is 1. The summed E-state index contributed by atoms with van der Waals surface area (Å²) >= 11 is 0. The van der Waals surface area contributed by atoms with E-state index in [2.05, 4.69) is 0 Å². The molecule has 0 saturated carbocycles. The molecule has 0 unspecified atom stereocenters. The molecule has 0 radical (unpaired) electrons. The normalized spacial score (nSPS) is 10.3. The number of benzene rings is 2. The zero-order valence-corrected chi connectivity index (χ0v) is 13.7. The second-order valence-electron chi connectivity index (χ2n) is 5.11. The summed E-state index contributed by atoms with van der Waals surface area (Å²) in [6, 6.07) is 11.0. The van der Waals surface area contributed by atoms with Crippen LogP contribution in [0.3, 0.4) is 0 Å². The van der Waals surface area contributed by atoms with E-state index in [1.807, 2.05) is 0 Å². The Morgan fingerprint density at radius 2 is 1.92 bits per heavy atom. The molecule has 2 rings (SSSR count). The van der Waals surface area contributed by atoms with Crippen LogP contribution in [0, 0.1) is 5.82 Å². The number of halogens is 1. The summed E-state index contributed by atoms with van der Waals surface area (Å²) in [6.07, 6.45) is 0. The summed E-state index contributed by atoms with van der Waals surface area (Å²) in [5, 5.41) is 9.26. The van der Waals surface area contributed by atoms with E-state index in [9.17, 15) is 14.3 Å². The molecule has 6 heteroatoms. The highest BCUT2D eigenvalue weighted by Crippen LogP contribution is 2.26. The minimum atomic E-state index is -0.594. The molecule has 1 N–H and O–H groups in total. The van der Waals surface area contributed by atoms with Crippen LogP contribution in [0.15, 0.2) is 42.5 Å². The van der Waals surface area contributed by atoms with Crippen molar-refractivity contribution in [3.05, 3.63) is 59.4 Å². The smallest absolute Gasteiger partial charge is 0.257 e. The van der Waals surface area contributed by atoms with Crippen molar-refractivity contribution in [2.45, 2.75) is 6.54 Å². The highest BCUT2D eigenvalue weighted by Gasteiger charge is 2.20. The first-order valence-corrected chi connectivity index (χ1v) is 7.46. The maximum absolute atomic E-state index is 13.9. The molecule has 0 spiro atoms. The number of carbonyl (C=O) groups is 1. The first-order valence-electron chi connectivity index (χ1n) is 7.46. The molecule has 2 aromatic rings. The molecule has 5 nitrogen and oxygen atoms in total. The van der Waals surface area contributed by atoms with Gasteiger partial charge >= 0.3 is 0 Å². The molecule has 0 atom stereocenters. The Bertz CT molecular complexity index is 705. The molecule has 0 aliphatic heterocycles. The van der Waals surface area contributed by atoms with Gasteiger partial charge in [0.05, 0.1) is 26.4 Å². The van der Waals surface area contributed by atoms with Crippen molar-refractivity contribution in [2.75, 3.05) is 27.4 Å². The van der Waals surface area contributed by atoms with E-state index in [0.29, 0.717) is 17.1 Å². The van der Waals surface area contributed by atoms with Crippen molar-refractivity contribution in [1.29, 1.82) is 0 Å². The average Bonchev–Trinajstić information content (AvgIpc) is 2.61. The first-order chi connectivity index (χ1) is 11.6. The van der Waals surface area contributed by atoms with Gasteiger partial charge in [-0.2, -0.15) is 0 Å². The van der Waals surface area contributed by atoms with Gasteiger partial charge in [-0.1, -0.05) is 12.1 Å². The Balaban J connectivity index is 2.32. The third-order valence-corrected chi connectivity index (χ3v) is 3.61. The third kappa shape index (κ3) is 4.02. The van der Waals surface area contributed by atoms with Gasteiger partial charge in [-0.3, -0.25) is 4.79 Å². The van der Waals surface area contributed by atoms with E-state index in [4.69, 9.17) is 9.47 Å². The molecule has 0 aliphatic carbocycles. The maximum Gasteiger partial charge on any atom is 0.257 e. The van der Waals surface area contributed by atoms with Crippen LogP contribution in [-0.2, 0) is 6.54 Å². The molecule has 0 aromatic heterocycles. The lowest BCUT2D eigenvalue weighted by molar-refractivity contribution is 0.0701. The van der Waals surface area contributed by atoms with Gasteiger partial charge in [0.15, 0.2) is 0 Å². The fraction of sp³-hybridized carbons (Fsp3) is 0.278. The fourth-order valence-electron chi connectivity index (χ4n) is 2.39. The zero-order valence-electron chi connectivity index (χ0n) is 13.7. The monoisotopic (exact) mass is 333 g/mol. The van der Waals surface area contributed by atoms with Gasteiger partial charge in [-0.05, 0) is 30.3 Å². The molecule has 24 heavy (non-hydrogen) atoms. The van der Waals surface area contributed by atoms with E-state index in [-0.39, 0.29) is 25.3 Å². The summed E-state index contributed by atoms with van der Waals surface area (Å²) < 4.78 is 24.4. The van der Waals surface area contributed by atoms with E-state index >= 15 is 0 Å². The maximum atomic E-state index is 13.9. The summed E-state index contributed by atoms with van der Waals surface area (Å²) in [6.45, 7) is 0.00804. The van der Waals surface area contributed by atoms with E-state index in [1.165, 1.54) is 30.2 Å². The molecular formula is C18H20FNO4. The van der Waals surface area contributed by atoms with Crippen LogP contribution in [0.1, 0.15) is 15.9 Å². The number of amides is 1. The molecule has 1 amide bonds. The Hall–Kier alpha value is -2.60. The number of aliphatic hydroxyl groups excluding tert-OH is 1. The Kier molecular flexibility index (Phi) is 6.14. The van der Waals surface area contributed by atoms with Crippen LogP contribution in [-0.4, -0.2) is 43.3 Å². The number of hydrogen-bond acceptors (Lipinski definition) is 4. The zero-order chi connectivity index (χ0) is 17.5. The molecule has 0 aliphatic rings. The summed E-state index contributed by atoms with van der Waals surface area (Å²) in [5.41, 5.74) is 0.669. The lowest BCUT2D eigenvalue weighted by atomic mass is 10.1. The quantitative estimate of drug-likeness (QED) is 0.846. The van der Waals surface area contributed by atoms with Crippen molar-refractivity contribution in [1.82, 2.24) is 4.90 Å². The van der Waals surface area contributed by atoms with Crippen LogP contribution in [0.2, 0.25) is 0 Å². The second kappa shape index (κ2) is 8.31. The second-order valence-corrected chi connectivity index (χ2v) is 5.11. The van der Waals surface area contributed by atoms with Crippen LogP contribution >= 0.6 is 0 Å². The molecule has 0 heterocycles. The molecule has 2 aromatic carbocycles. The van der Waals surface area contributed by atoms with Crippen molar-refractivity contribution in [2.24, 2.45) is 0 Å². The number of ether oxygens (including phenoxy) is 2. The van der Waals surface area contributed by atoms with Gasteiger partial charge in [0.2, 0.25) is 0 Å². The molecule has 0 bridgehead atoms. The molecule has 128 valence electrons. The highest BCUT2D eigenvalue weighted by atomic mass is 19.1. The lowest BCUT2D eigenvalue weighted by Crippen LogP contribution is -2.33. The van der Waals surface area contributed by atoms with Gasteiger partial charge in [0.1, 0.15) is 17.3 Å². The first kappa shape index (κ1) is 17.7. The Morgan fingerprint density at radius 3 is 2.54 bits per heavy atom. The van der Waals surface area contributed by atoms with Gasteiger partial charge in [-0.25, -0.2) is 4.39 Å². The van der Waals surface area contributed by atoms with Gasteiger partial charge < -0.3 is 19.5 Å². The van der Waals surface area contributed by atoms with E-state index < -0.39 is 11.7 Å². The largest absolute Gasteiger partial charge is 0.497 e. The predicted molar refractivity (Wildman–Crippen MR) is 87.8 cm³/mol. The minimum absolute atomic E-state index is 0.0344. The van der Waals surface area contributed by atoms with Crippen LogP contribution in [0.4, 0.5) is 4.39 Å². The van der Waals surface area contributed by atoms with Gasteiger partial charge in [0.25, 0.3) is 5.91 Å². The molecule has 0 saturated heterocycles.